The zero-order chi connectivity index (χ0) is 12.5. The molecule has 2 saturated heterocycles. The molecule has 2 unspecified atom stereocenters. The molecule has 2 aliphatic rings. The molecule has 0 aromatic carbocycles. The first-order valence-corrected chi connectivity index (χ1v) is 6.87. The van der Waals surface area contributed by atoms with Crippen molar-refractivity contribution in [2.75, 3.05) is 7.05 Å². The molecule has 2 fully saturated rings. The molecule has 0 radical (unpaired) electrons. The summed E-state index contributed by atoms with van der Waals surface area (Å²) in [5, 5.41) is 0. The molecule has 0 spiro atoms. The van der Waals surface area contributed by atoms with Crippen LogP contribution in [-0.2, 0) is 11.2 Å². The van der Waals surface area contributed by atoms with E-state index in [1.54, 1.807) is 12.4 Å². The summed E-state index contributed by atoms with van der Waals surface area (Å²) in [4.78, 5) is 18.8. The average molecular weight is 244 g/mol. The molecule has 1 aromatic heterocycles. The number of Topliss-reactive ketones (excluding diaryl/α,β-unsaturated/α-hetero) is 1. The predicted octanol–water partition coefficient (Wildman–Crippen LogP) is 2.07. The standard InChI is InChI=1S/C15H20N2O/c1-17-13-2-3-14(17)10-12(9-13)15(18)8-11-4-6-16-7-5-11/h4-7,12-14H,2-3,8-10H2,1H3. The van der Waals surface area contributed by atoms with Crippen molar-refractivity contribution in [2.24, 2.45) is 5.92 Å². The lowest BCUT2D eigenvalue weighted by molar-refractivity contribution is -0.124. The number of aromatic nitrogens is 1. The van der Waals surface area contributed by atoms with Crippen LogP contribution in [0.25, 0.3) is 0 Å². The Morgan fingerprint density at radius 1 is 1.28 bits per heavy atom. The molecule has 0 N–H and O–H groups in total. The molecule has 3 nitrogen and oxygen atoms in total. The summed E-state index contributed by atoms with van der Waals surface area (Å²) >= 11 is 0. The summed E-state index contributed by atoms with van der Waals surface area (Å²) in [5.41, 5.74) is 1.10. The first kappa shape index (κ1) is 11.8. The van der Waals surface area contributed by atoms with E-state index in [2.05, 4.69) is 16.9 Å². The van der Waals surface area contributed by atoms with E-state index >= 15 is 0 Å². The number of fused-ring (bicyclic) bond motifs is 2. The first-order valence-electron chi connectivity index (χ1n) is 6.87. The van der Waals surface area contributed by atoms with Gasteiger partial charge in [-0.2, -0.15) is 0 Å². The summed E-state index contributed by atoms with van der Waals surface area (Å²) in [5.74, 6) is 0.707. The van der Waals surface area contributed by atoms with Crippen molar-refractivity contribution in [3.63, 3.8) is 0 Å². The van der Waals surface area contributed by atoms with Gasteiger partial charge in [-0.15, -0.1) is 0 Å². The average Bonchev–Trinajstić information content (AvgIpc) is 2.63. The van der Waals surface area contributed by atoms with Crippen LogP contribution in [0.4, 0.5) is 0 Å². The number of rotatable bonds is 3. The molecule has 0 aliphatic carbocycles. The minimum atomic E-state index is 0.284. The number of hydrogen-bond acceptors (Lipinski definition) is 3. The van der Waals surface area contributed by atoms with E-state index in [0.29, 0.717) is 24.3 Å². The normalized spacial score (nSPS) is 31.5. The fraction of sp³-hybridized carbons (Fsp3) is 0.600. The summed E-state index contributed by atoms with van der Waals surface area (Å²) in [7, 11) is 2.21. The molecule has 2 aliphatic heterocycles. The molecule has 2 bridgehead atoms. The summed E-state index contributed by atoms with van der Waals surface area (Å²) in [6, 6.07) is 5.19. The summed E-state index contributed by atoms with van der Waals surface area (Å²) in [6.45, 7) is 0. The highest BCUT2D eigenvalue weighted by atomic mass is 16.1. The monoisotopic (exact) mass is 244 g/mol. The van der Waals surface area contributed by atoms with Crippen LogP contribution in [0.1, 0.15) is 31.2 Å². The van der Waals surface area contributed by atoms with Gasteiger partial charge < -0.3 is 4.90 Å². The fourth-order valence-corrected chi connectivity index (χ4v) is 3.52. The topological polar surface area (TPSA) is 33.2 Å². The number of nitrogens with zero attached hydrogens (tertiary/aromatic N) is 2. The Kier molecular flexibility index (Phi) is 3.16. The van der Waals surface area contributed by atoms with Crippen molar-refractivity contribution in [2.45, 2.75) is 44.2 Å². The van der Waals surface area contributed by atoms with Crippen molar-refractivity contribution >= 4 is 5.78 Å². The number of pyridine rings is 1. The molecular weight excluding hydrogens is 224 g/mol. The summed E-state index contributed by atoms with van der Waals surface area (Å²) in [6.07, 6.45) is 8.80. The third-order valence-electron chi connectivity index (χ3n) is 4.68. The Morgan fingerprint density at radius 2 is 1.89 bits per heavy atom. The maximum atomic E-state index is 12.4. The van der Waals surface area contributed by atoms with Crippen molar-refractivity contribution in [3.05, 3.63) is 30.1 Å². The van der Waals surface area contributed by atoms with Gasteiger partial charge in [0, 0.05) is 36.8 Å². The Hall–Kier alpha value is -1.22. The molecule has 1 aromatic rings. The Labute approximate surface area is 108 Å². The van der Waals surface area contributed by atoms with Gasteiger partial charge in [-0.25, -0.2) is 0 Å². The Bertz CT molecular complexity index is 417. The van der Waals surface area contributed by atoms with Crippen LogP contribution < -0.4 is 0 Å². The minimum absolute atomic E-state index is 0.284. The number of piperidine rings is 1. The highest BCUT2D eigenvalue weighted by Crippen LogP contribution is 2.37. The van der Waals surface area contributed by atoms with Gasteiger partial charge in [-0.3, -0.25) is 9.78 Å². The van der Waals surface area contributed by atoms with E-state index in [1.807, 2.05) is 12.1 Å². The highest BCUT2D eigenvalue weighted by Gasteiger charge is 2.40. The van der Waals surface area contributed by atoms with Gasteiger partial charge in [0.15, 0.2) is 0 Å². The second kappa shape index (κ2) is 4.81. The number of carbonyl (C=O) groups is 1. The van der Waals surface area contributed by atoms with E-state index in [1.165, 1.54) is 12.8 Å². The van der Waals surface area contributed by atoms with Crippen LogP contribution in [0, 0.1) is 5.92 Å². The molecule has 3 rings (SSSR count). The van der Waals surface area contributed by atoms with Gasteiger partial charge in [0.25, 0.3) is 0 Å². The van der Waals surface area contributed by atoms with Crippen LogP contribution in [0.3, 0.4) is 0 Å². The van der Waals surface area contributed by atoms with Gasteiger partial charge in [0.05, 0.1) is 0 Å². The van der Waals surface area contributed by atoms with Crippen molar-refractivity contribution < 1.29 is 4.79 Å². The van der Waals surface area contributed by atoms with E-state index < -0.39 is 0 Å². The first-order chi connectivity index (χ1) is 8.74. The molecule has 0 saturated carbocycles. The van der Waals surface area contributed by atoms with Gasteiger partial charge in [0.2, 0.25) is 0 Å². The van der Waals surface area contributed by atoms with Gasteiger partial charge in [-0.1, -0.05) is 0 Å². The Morgan fingerprint density at radius 3 is 2.50 bits per heavy atom. The van der Waals surface area contributed by atoms with Crippen molar-refractivity contribution in [3.8, 4) is 0 Å². The molecule has 3 heterocycles. The van der Waals surface area contributed by atoms with Gasteiger partial charge in [0.1, 0.15) is 5.78 Å². The molecule has 18 heavy (non-hydrogen) atoms. The lowest BCUT2D eigenvalue weighted by atomic mass is 9.85. The zero-order valence-corrected chi connectivity index (χ0v) is 10.9. The van der Waals surface area contributed by atoms with Gasteiger partial charge in [-0.05, 0) is 50.4 Å². The highest BCUT2D eigenvalue weighted by molar-refractivity contribution is 5.83. The van der Waals surface area contributed by atoms with Crippen molar-refractivity contribution in [1.82, 2.24) is 9.88 Å². The van der Waals surface area contributed by atoms with Crippen LogP contribution in [-0.4, -0.2) is 34.8 Å². The third-order valence-corrected chi connectivity index (χ3v) is 4.68. The SMILES string of the molecule is CN1C2CCC1CC(C(=O)Cc1ccncc1)C2. The van der Waals surface area contributed by atoms with Crippen LogP contribution in [0.2, 0.25) is 0 Å². The van der Waals surface area contributed by atoms with Crippen LogP contribution >= 0.6 is 0 Å². The fourth-order valence-electron chi connectivity index (χ4n) is 3.52. The smallest absolute Gasteiger partial charge is 0.140 e. The Balaban J connectivity index is 1.64. The summed E-state index contributed by atoms with van der Waals surface area (Å²) < 4.78 is 0. The van der Waals surface area contributed by atoms with E-state index in [9.17, 15) is 4.79 Å². The van der Waals surface area contributed by atoms with Crippen LogP contribution in [0.15, 0.2) is 24.5 Å². The van der Waals surface area contributed by atoms with Crippen LogP contribution in [0.5, 0.6) is 0 Å². The molecule has 2 atom stereocenters. The second-order valence-corrected chi connectivity index (χ2v) is 5.72. The molecule has 3 heteroatoms. The molecule has 0 amide bonds. The quantitative estimate of drug-likeness (QED) is 0.816. The second-order valence-electron chi connectivity index (χ2n) is 5.72. The van der Waals surface area contributed by atoms with E-state index in [0.717, 1.165) is 18.4 Å². The molecule has 96 valence electrons. The predicted molar refractivity (Wildman–Crippen MR) is 70.2 cm³/mol. The number of ketones is 1. The third kappa shape index (κ3) is 2.19. The maximum absolute atomic E-state index is 12.4. The maximum Gasteiger partial charge on any atom is 0.140 e. The molecular formula is C15H20N2O. The lowest BCUT2D eigenvalue weighted by Crippen LogP contribution is -2.42. The largest absolute Gasteiger partial charge is 0.300 e. The van der Waals surface area contributed by atoms with Crippen molar-refractivity contribution in [1.29, 1.82) is 0 Å². The zero-order valence-electron chi connectivity index (χ0n) is 10.9. The minimum Gasteiger partial charge on any atom is -0.300 e. The van der Waals surface area contributed by atoms with Gasteiger partial charge >= 0.3 is 0 Å². The van der Waals surface area contributed by atoms with E-state index in [4.69, 9.17) is 0 Å². The van der Waals surface area contributed by atoms with E-state index in [-0.39, 0.29) is 5.92 Å². The number of carbonyl (C=O) groups excluding carboxylic acids is 1. The number of hydrogen-bond donors (Lipinski definition) is 0. The lowest BCUT2D eigenvalue weighted by Gasteiger charge is -2.35.